The molecule has 1 atom stereocenters. The SMILES string of the molecule is CC(NC(=O)N1CCC(N2CCC(O)CC2)CC1)c1nc2ccccc2[nH]1. The van der Waals surface area contributed by atoms with E-state index in [2.05, 4.69) is 20.2 Å². The van der Waals surface area contributed by atoms with Crippen molar-refractivity contribution in [3.05, 3.63) is 30.1 Å². The smallest absolute Gasteiger partial charge is 0.317 e. The van der Waals surface area contributed by atoms with Gasteiger partial charge in [0.15, 0.2) is 0 Å². The van der Waals surface area contributed by atoms with Crippen LogP contribution in [0, 0.1) is 0 Å². The molecule has 0 saturated carbocycles. The Kier molecular flexibility index (Phi) is 5.31. The molecule has 146 valence electrons. The van der Waals surface area contributed by atoms with Crippen molar-refractivity contribution in [2.45, 2.75) is 50.8 Å². The fraction of sp³-hybridized carbons (Fsp3) is 0.600. The van der Waals surface area contributed by atoms with Crippen LogP contribution >= 0.6 is 0 Å². The van der Waals surface area contributed by atoms with Gasteiger partial charge in [-0.3, -0.25) is 0 Å². The molecule has 2 fully saturated rings. The number of hydrogen-bond donors (Lipinski definition) is 3. The Balaban J connectivity index is 1.29. The van der Waals surface area contributed by atoms with Crippen LogP contribution in [0.1, 0.15) is 44.5 Å². The van der Waals surface area contributed by atoms with E-state index in [4.69, 9.17) is 0 Å². The Morgan fingerprint density at radius 3 is 2.59 bits per heavy atom. The van der Waals surface area contributed by atoms with Crippen LogP contribution < -0.4 is 5.32 Å². The highest BCUT2D eigenvalue weighted by molar-refractivity contribution is 5.76. The average Bonchev–Trinajstić information content (AvgIpc) is 3.13. The van der Waals surface area contributed by atoms with Crippen molar-refractivity contribution in [3.8, 4) is 0 Å². The molecule has 4 rings (SSSR count). The number of carbonyl (C=O) groups is 1. The second-order valence-electron chi connectivity index (χ2n) is 7.80. The summed E-state index contributed by atoms with van der Waals surface area (Å²) in [6.45, 7) is 5.47. The highest BCUT2D eigenvalue weighted by atomic mass is 16.3. The summed E-state index contributed by atoms with van der Waals surface area (Å²) in [6.07, 6.45) is 3.61. The van der Waals surface area contributed by atoms with Crippen LogP contribution in [-0.4, -0.2) is 69.2 Å². The third-order valence-corrected chi connectivity index (χ3v) is 5.92. The molecule has 2 aliphatic heterocycles. The van der Waals surface area contributed by atoms with Crippen molar-refractivity contribution < 1.29 is 9.90 Å². The molecule has 1 aromatic heterocycles. The zero-order chi connectivity index (χ0) is 18.8. The number of H-pyrrole nitrogens is 1. The lowest BCUT2D eigenvalue weighted by atomic mass is 9.99. The number of urea groups is 1. The maximum Gasteiger partial charge on any atom is 0.317 e. The van der Waals surface area contributed by atoms with Gasteiger partial charge in [0, 0.05) is 32.2 Å². The zero-order valence-electron chi connectivity index (χ0n) is 15.9. The molecular weight excluding hydrogens is 342 g/mol. The number of imidazole rings is 1. The summed E-state index contributed by atoms with van der Waals surface area (Å²) in [7, 11) is 0. The van der Waals surface area contributed by atoms with Gasteiger partial charge in [0.25, 0.3) is 0 Å². The van der Waals surface area contributed by atoms with Gasteiger partial charge in [-0.2, -0.15) is 0 Å². The number of aromatic nitrogens is 2. The van der Waals surface area contributed by atoms with E-state index in [0.717, 1.165) is 68.7 Å². The molecule has 0 spiro atoms. The second-order valence-corrected chi connectivity index (χ2v) is 7.80. The minimum Gasteiger partial charge on any atom is -0.393 e. The van der Waals surface area contributed by atoms with Crippen LogP contribution in [-0.2, 0) is 0 Å². The first-order valence-electron chi connectivity index (χ1n) is 10.0. The Labute approximate surface area is 159 Å². The summed E-state index contributed by atoms with van der Waals surface area (Å²) in [5, 5.41) is 12.7. The molecule has 2 aliphatic rings. The Bertz CT molecular complexity index is 743. The minimum absolute atomic E-state index is 0.0181. The van der Waals surface area contributed by atoms with E-state index in [1.54, 1.807) is 0 Å². The minimum atomic E-state index is -0.161. The van der Waals surface area contributed by atoms with E-state index >= 15 is 0 Å². The number of nitrogens with zero attached hydrogens (tertiary/aromatic N) is 3. The molecule has 0 radical (unpaired) electrons. The van der Waals surface area contributed by atoms with Crippen LogP contribution in [0.4, 0.5) is 4.79 Å². The lowest BCUT2D eigenvalue weighted by molar-refractivity contribution is 0.0428. The summed E-state index contributed by atoms with van der Waals surface area (Å²) in [4.78, 5) is 24.9. The Morgan fingerprint density at radius 1 is 1.19 bits per heavy atom. The quantitative estimate of drug-likeness (QED) is 0.773. The number of amides is 2. The van der Waals surface area contributed by atoms with Crippen molar-refractivity contribution in [1.82, 2.24) is 25.1 Å². The number of aliphatic hydroxyl groups excluding tert-OH is 1. The number of piperidine rings is 2. The first-order valence-corrected chi connectivity index (χ1v) is 10.0. The van der Waals surface area contributed by atoms with Crippen LogP contribution in [0.25, 0.3) is 11.0 Å². The topological polar surface area (TPSA) is 84.5 Å². The number of aliphatic hydroxyl groups is 1. The first kappa shape index (κ1) is 18.3. The fourth-order valence-corrected chi connectivity index (χ4v) is 4.21. The molecule has 1 unspecified atom stereocenters. The number of nitrogens with one attached hydrogen (secondary N) is 2. The van der Waals surface area contributed by atoms with Gasteiger partial charge in [0.1, 0.15) is 5.82 Å². The van der Waals surface area contributed by atoms with E-state index < -0.39 is 0 Å². The molecule has 0 aliphatic carbocycles. The van der Waals surface area contributed by atoms with Crippen LogP contribution in [0.3, 0.4) is 0 Å². The summed E-state index contributed by atoms with van der Waals surface area (Å²) in [6, 6.07) is 8.25. The van der Waals surface area contributed by atoms with Gasteiger partial charge in [-0.15, -0.1) is 0 Å². The standard InChI is InChI=1S/C20H29N5O2/c1-14(19-22-17-4-2-3-5-18(17)23-19)21-20(27)25-10-6-15(7-11-25)24-12-8-16(26)9-13-24/h2-5,14-16,26H,6-13H2,1H3,(H,21,27)(H,22,23). The lowest BCUT2D eigenvalue weighted by Gasteiger charge is -2.41. The number of benzene rings is 1. The maximum absolute atomic E-state index is 12.6. The van der Waals surface area contributed by atoms with E-state index in [1.165, 1.54) is 0 Å². The molecule has 1 aromatic carbocycles. The highest BCUT2D eigenvalue weighted by Gasteiger charge is 2.29. The Hall–Kier alpha value is -2.12. The predicted octanol–water partition coefficient (Wildman–Crippen LogP) is 2.25. The first-order chi connectivity index (χ1) is 13.1. The Morgan fingerprint density at radius 2 is 1.89 bits per heavy atom. The second kappa shape index (κ2) is 7.86. The van der Waals surface area contributed by atoms with Gasteiger partial charge >= 0.3 is 6.03 Å². The van der Waals surface area contributed by atoms with Crippen molar-refractivity contribution in [3.63, 3.8) is 0 Å². The molecule has 2 aromatic rings. The molecule has 2 amide bonds. The third-order valence-electron chi connectivity index (χ3n) is 5.92. The summed E-state index contributed by atoms with van der Waals surface area (Å²) in [5.74, 6) is 0.784. The van der Waals surface area contributed by atoms with Gasteiger partial charge in [0.2, 0.25) is 0 Å². The predicted molar refractivity (Wildman–Crippen MR) is 104 cm³/mol. The highest BCUT2D eigenvalue weighted by Crippen LogP contribution is 2.22. The number of hydrogen-bond acceptors (Lipinski definition) is 4. The van der Waals surface area contributed by atoms with E-state index in [1.807, 2.05) is 36.1 Å². The van der Waals surface area contributed by atoms with Gasteiger partial charge in [-0.1, -0.05) is 12.1 Å². The fourth-order valence-electron chi connectivity index (χ4n) is 4.21. The van der Waals surface area contributed by atoms with Crippen LogP contribution in [0.15, 0.2) is 24.3 Å². The monoisotopic (exact) mass is 371 g/mol. The van der Waals surface area contributed by atoms with Gasteiger partial charge < -0.3 is 25.2 Å². The van der Waals surface area contributed by atoms with Gasteiger partial charge in [-0.25, -0.2) is 9.78 Å². The number of fused-ring (bicyclic) bond motifs is 1. The number of likely N-dealkylation sites (tertiary alicyclic amines) is 2. The van der Waals surface area contributed by atoms with Crippen molar-refractivity contribution in [2.24, 2.45) is 0 Å². The number of aromatic amines is 1. The summed E-state index contributed by atoms with van der Waals surface area (Å²) >= 11 is 0. The van der Waals surface area contributed by atoms with Crippen molar-refractivity contribution in [1.29, 1.82) is 0 Å². The molecular formula is C20H29N5O2. The number of rotatable bonds is 3. The molecule has 3 heterocycles. The number of carbonyl (C=O) groups excluding carboxylic acids is 1. The normalized spacial score (nSPS) is 21.5. The van der Waals surface area contributed by atoms with E-state index in [-0.39, 0.29) is 18.2 Å². The van der Waals surface area contributed by atoms with E-state index in [9.17, 15) is 9.90 Å². The maximum atomic E-state index is 12.6. The van der Waals surface area contributed by atoms with Gasteiger partial charge in [0.05, 0.1) is 23.2 Å². The molecule has 7 nitrogen and oxygen atoms in total. The van der Waals surface area contributed by atoms with Crippen molar-refractivity contribution >= 4 is 17.1 Å². The van der Waals surface area contributed by atoms with Crippen molar-refractivity contribution in [2.75, 3.05) is 26.2 Å². The molecule has 2 saturated heterocycles. The summed E-state index contributed by atoms with van der Waals surface area (Å²) < 4.78 is 0. The van der Waals surface area contributed by atoms with E-state index in [0.29, 0.717) is 6.04 Å². The van der Waals surface area contributed by atoms with Gasteiger partial charge in [-0.05, 0) is 44.7 Å². The average molecular weight is 371 g/mol. The molecule has 0 bridgehead atoms. The van der Waals surface area contributed by atoms with Crippen LogP contribution in [0.2, 0.25) is 0 Å². The largest absolute Gasteiger partial charge is 0.393 e. The molecule has 27 heavy (non-hydrogen) atoms. The zero-order valence-corrected chi connectivity index (χ0v) is 15.9. The van der Waals surface area contributed by atoms with Crippen LogP contribution in [0.5, 0.6) is 0 Å². The molecule has 3 N–H and O–H groups in total. The number of para-hydroxylation sites is 2. The summed E-state index contributed by atoms with van der Waals surface area (Å²) in [5.41, 5.74) is 1.90. The molecule has 7 heteroatoms. The third kappa shape index (κ3) is 4.09. The lowest BCUT2D eigenvalue weighted by Crippen LogP contribution is -2.51.